The standard InChI is InChI=1S/C26H28N6O5/c1-15(16-7-4-3-5-8-16)30-23-21-24(28-13-27-23)32(14-29-21)26-20(22(34)19(12-33)37-26)31-25(35)17-9-6-10-18(11-17)36-2/h3-11,13-15,19-20,22,26,33-34H,12H2,1-2H3,(H,31,35)(H,27,28,30)/t15-,19+,20+,22+,26+/m0/s1. The number of methoxy groups -OCH3 is 1. The number of anilines is 1. The van der Waals surface area contributed by atoms with Crippen LogP contribution in [0.1, 0.15) is 35.1 Å². The molecule has 11 nitrogen and oxygen atoms in total. The Morgan fingerprint density at radius 3 is 2.73 bits per heavy atom. The largest absolute Gasteiger partial charge is 0.497 e. The lowest BCUT2D eigenvalue weighted by Gasteiger charge is -2.23. The number of nitrogens with one attached hydrogen (secondary N) is 2. The number of aliphatic hydroxyl groups excluding tert-OH is 2. The van der Waals surface area contributed by atoms with Crippen molar-refractivity contribution >= 4 is 22.9 Å². The van der Waals surface area contributed by atoms with Crippen molar-refractivity contribution in [3.63, 3.8) is 0 Å². The minimum Gasteiger partial charge on any atom is -0.497 e. The third-order valence-corrected chi connectivity index (χ3v) is 6.47. The molecule has 192 valence electrons. The quantitative estimate of drug-likeness (QED) is 0.283. The normalized spacial score (nSPS) is 22.1. The zero-order valence-corrected chi connectivity index (χ0v) is 20.4. The van der Waals surface area contributed by atoms with E-state index in [1.165, 1.54) is 19.8 Å². The second-order valence-corrected chi connectivity index (χ2v) is 8.79. The van der Waals surface area contributed by atoms with Gasteiger partial charge < -0.3 is 30.3 Å². The number of nitrogens with zero attached hydrogens (tertiary/aromatic N) is 4. The predicted molar refractivity (Wildman–Crippen MR) is 135 cm³/mol. The zero-order valence-electron chi connectivity index (χ0n) is 20.4. The highest BCUT2D eigenvalue weighted by atomic mass is 16.5. The van der Waals surface area contributed by atoms with E-state index >= 15 is 0 Å². The van der Waals surface area contributed by atoms with Crippen molar-refractivity contribution in [1.29, 1.82) is 0 Å². The molecule has 1 saturated heterocycles. The molecule has 37 heavy (non-hydrogen) atoms. The summed E-state index contributed by atoms with van der Waals surface area (Å²) in [7, 11) is 1.52. The maximum Gasteiger partial charge on any atom is 0.251 e. The zero-order chi connectivity index (χ0) is 25.9. The number of hydrogen-bond acceptors (Lipinski definition) is 9. The predicted octanol–water partition coefficient (Wildman–Crippen LogP) is 2.06. The number of rotatable bonds is 8. The molecule has 1 fully saturated rings. The lowest BCUT2D eigenvalue weighted by Crippen LogP contribution is -2.46. The van der Waals surface area contributed by atoms with Crippen LogP contribution in [-0.2, 0) is 4.74 Å². The molecule has 0 aliphatic carbocycles. The van der Waals surface area contributed by atoms with Gasteiger partial charge in [0.05, 0.1) is 26.1 Å². The molecule has 2 aromatic heterocycles. The highest BCUT2D eigenvalue weighted by Gasteiger charge is 2.46. The van der Waals surface area contributed by atoms with E-state index in [2.05, 4.69) is 25.6 Å². The van der Waals surface area contributed by atoms with Crippen LogP contribution in [-0.4, -0.2) is 67.6 Å². The Hall–Kier alpha value is -4.06. The van der Waals surface area contributed by atoms with Crippen molar-refractivity contribution in [3.8, 4) is 5.75 Å². The molecule has 4 N–H and O–H groups in total. The van der Waals surface area contributed by atoms with Crippen LogP contribution in [0, 0.1) is 0 Å². The van der Waals surface area contributed by atoms with Crippen LogP contribution in [0.4, 0.5) is 5.82 Å². The number of fused-ring (bicyclic) bond motifs is 1. The van der Waals surface area contributed by atoms with E-state index in [1.54, 1.807) is 28.8 Å². The summed E-state index contributed by atoms with van der Waals surface area (Å²) in [6, 6.07) is 15.7. The minimum atomic E-state index is -1.17. The fourth-order valence-corrected chi connectivity index (χ4v) is 4.46. The Kier molecular flexibility index (Phi) is 6.99. The Balaban J connectivity index is 1.44. The van der Waals surface area contributed by atoms with Crippen LogP contribution in [0.25, 0.3) is 11.2 Å². The van der Waals surface area contributed by atoms with Gasteiger partial charge in [-0.05, 0) is 30.7 Å². The number of imidazole rings is 1. The number of benzene rings is 2. The van der Waals surface area contributed by atoms with Gasteiger partial charge in [0.25, 0.3) is 5.91 Å². The van der Waals surface area contributed by atoms with E-state index in [-0.39, 0.29) is 6.04 Å². The average molecular weight is 505 g/mol. The van der Waals surface area contributed by atoms with E-state index in [1.807, 2.05) is 37.3 Å². The fourth-order valence-electron chi connectivity index (χ4n) is 4.46. The van der Waals surface area contributed by atoms with Crippen LogP contribution >= 0.6 is 0 Å². The van der Waals surface area contributed by atoms with Crippen LogP contribution in [0.3, 0.4) is 0 Å². The average Bonchev–Trinajstić information content (AvgIpc) is 3.50. The first kappa shape index (κ1) is 24.6. The molecule has 4 aromatic rings. The van der Waals surface area contributed by atoms with Crippen molar-refractivity contribution in [2.24, 2.45) is 0 Å². The lowest BCUT2D eigenvalue weighted by molar-refractivity contribution is -0.0440. The van der Waals surface area contributed by atoms with Gasteiger partial charge in [-0.2, -0.15) is 0 Å². The van der Waals surface area contributed by atoms with Gasteiger partial charge in [-0.25, -0.2) is 15.0 Å². The van der Waals surface area contributed by atoms with Gasteiger partial charge in [0.15, 0.2) is 23.2 Å². The van der Waals surface area contributed by atoms with Crippen molar-refractivity contribution in [1.82, 2.24) is 24.8 Å². The molecule has 0 spiro atoms. The fraction of sp³-hybridized carbons (Fsp3) is 0.308. The van der Waals surface area contributed by atoms with Crippen LogP contribution in [0.15, 0.2) is 67.3 Å². The molecule has 0 bridgehead atoms. The maximum atomic E-state index is 13.0. The first-order chi connectivity index (χ1) is 18.0. The molecule has 0 unspecified atom stereocenters. The summed E-state index contributed by atoms with van der Waals surface area (Å²) in [6.45, 7) is 1.60. The summed E-state index contributed by atoms with van der Waals surface area (Å²) in [5.41, 5.74) is 2.40. The Bertz CT molecular complexity index is 1380. The van der Waals surface area contributed by atoms with Gasteiger partial charge in [0, 0.05) is 5.56 Å². The third kappa shape index (κ3) is 4.84. The third-order valence-electron chi connectivity index (χ3n) is 6.47. The number of ether oxygens (including phenoxy) is 2. The van der Waals surface area contributed by atoms with E-state index in [4.69, 9.17) is 9.47 Å². The number of carbonyl (C=O) groups excluding carboxylic acids is 1. The number of aliphatic hydroxyl groups is 2. The van der Waals surface area contributed by atoms with Crippen molar-refractivity contribution < 1.29 is 24.5 Å². The molecule has 0 saturated carbocycles. The van der Waals surface area contributed by atoms with Gasteiger partial charge in [-0.3, -0.25) is 9.36 Å². The first-order valence-electron chi connectivity index (χ1n) is 11.9. The molecule has 3 heterocycles. The summed E-state index contributed by atoms with van der Waals surface area (Å²) in [5.74, 6) is 0.644. The number of carbonyl (C=O) groups is 1. The molecule has 5 rings (SSSR count). The summed E-state index contributed by atoms with van der Waals surface area (Å²) in [4.78, 5) is 26.3. The molecule has 5 atom stereocenters. The van der Waals surface area contributed by atoms with Crippen molar-refractivity contribution in [2.75, 3.05) is 19.0 Å². The molecular weight excluding hydrogens is 476 g/mol. The second-order valence-electron chi connectivity index (χ2n) is 8.79. The van der Waals surface area contributed by atoms with Gasteiger partial charge in [0.1, 0.15) is 30.3 Å². The van der Waals surface area contributed by atoms with Gasteiger partial charge in [-0.15, -0.1) is 0 Å². The molecule has 1 aliphatic heterocycles. The number of aromatic nitrogens is 4. The van der Waals surface area contributed by atoms with Gasteiger partial charge in [-0.1, -0.05) is 36.4 Å². The molecule has 1 aliphatic rings. The lowest BCUT2D eigenvalue weighted by atomic mass is 10.1. The SMILES string of the molecule is COc1cccc(C(=O)N[C@@H]2[C@H](O)[C@@H](CO)O[C@H]2n2cnc3c(N[C@@H](C)c4ccccc4)ncnc32)c1. The van der Waals surface area contributed by atoms with E-state index in [9.17, 15) is 15.0 Å². The summed E-state index contributed by atoms with van der Waals surface area (Å²) in [5, 5.41) is 26.9. The maximum absolute atomic E-state index is 13.0. The molecular formula is C26H28N6O5. The van der Waals surface area contributed by atoms with Crippen LogP contribution < -0.4 is 15.4 Å². The van der Waals surface area contributed by atoms with Crippen LogP contribution in [0.2, 0.25) is 0 Å². The number of amides is 1. The summed E-state index contributed by atoms with van der Waals surface area (Å²) in [6.07, 6.45) is -0.00471. The molecule has 11 heteroatoms. The van der Waals surface area contributed by atoms with Gasteiger partial charge in [0.2, 0.25) is 0 Å². The highest BCUT2D eigenvalue weighted by Crippen LogP contribution is 2.33. The van der Waals surface area contributed by atoms with E-state index < -0.39 is 37.0 Å². The highest BCUT2D eigenvalue weighted by molar-refractivity contribution is 5.95. The molecule has 0 radical (unpaired) electrons. The van der Waals surface area contributed by atoms with Crippen molar-refractivity contribution in [2.45, 2.75) is 37.4 Å². The second kappa shape index (κ2) is 10.5. The first-order valence-corrected chi connectivity index (χ1v) is 11.9. The summed E-state index contributed by atoms with van der Waals surface area (Å²) < 4.78 is 12.8. The summed E-state index contributed by atoms with van der Waals surface area (Å²) >= 11 is 0. The Morgan fingerprint density at radius 2 is 1.97 bits per heavy atom. The van der Waals surface area contributed by atoms with Gasteiger partial charge >= 0.3 is 0 Å². The molecule has 2 aromatic carbocycles. The Labute approximate surface area is 213 Å². The monoisotopic (exact) mass is 504 g/mol. The van der Waals surface area contributed by atoms with Crippen LogP contribution in [0.5, 0.6) is 5.75 Å². The van der Waals surface area contributed by atoms with E-state index in [0.717, 1.165) is 5.56 Å². The minimum absolute atomic E-state index is 0.0392. The molecule has 1 amide bonds. The van der Waals surface area contributed by atoms with Crippen molar-refractivity contribution in [3.05, 3.63) is 78.4 Å². The topological polar surface area (TPSA) is 144 Å². The van der Waals surface area contributed by atoms with E-state index in [0.29, 0.717) is 28.3 Å². The number of hydrogen-bond donors (Lipinski definition) is 4. The smallest absolute Gasteiger partial charge is 0.251 e. The Morgan fingerprint density at radius 1 is 1.16 bits per heavy atom.